The van der Waals surface area contributed by atoms with E-state index < -0.39 is 0 Å². The van der Waals surface area contributed by atoms with E-state index in [1.54, 1.807) is 6.20 Å². The van der Waals surface area contributed by atoms with E-state index in [2.05, 4.69) is 15.2 Å². The molecule has 0 fully saturated rings. The van der Waals surface area contributed by atoms with Gasteiger partial charge in [-0.25, -0.2) is 9.67 Å². The zero-order valence-corrected chi connectivity index (χ0v) is 13.2. The molecule has 0 aliphatic heterocycles. The monoisotopic (exact) mass is 315 g/mol. The van der Waals surface area contributed by atoms with Crippen molar-refractivity contribution in [3.63, 3.8) is 0 Å². The van der Waals surface area contributed by atoms with Gasteiger partial charge < -0.3 is 0 Å². The molecule has 0 saturated carbocycles. The van der Waals surface area contributed by atoms with Crippen molar-refractivity contribution in [3.8, 4) is 0 Å². The predicted molar refractivity (Wildman–Crippen MR) is 85.9 cm³/mol. The molecule has 0 spiro atoms. The Balaban J connectivity index is 1.68. The second-order valence-electron chi connectivity index (χ2n) is 5.20. The fourth-order valence-corrected chi connectivity index (χ4v) is 2.63. The summed E-state index contributed by atoms with van der Waals surface area (Å²) in [6.45, 7) is 3.45. The van der Waals surface area contributed by atoms with Crippen LogP contribution in [-0.4, -0.2) is 24.5 Å². The highest BCUT2D eigenvalue weighted by Crippen LogP contribution is 2.17. The van der Waals surface area contributed by atoms with E-state index in [-0.39, 0.29) is 0 Å². The zero-order chi connectivity index (χ0) is 15.4. The van der Waals surface area contributed by atoms with Gasteiger partial charge in [0, 0.05) is 30.4 Å². The van der Waals surface area contributed by atoms with Gasteiger partial charge in [0.1, 0.15) is 11.6 Å². The van der Waals surface area contributed by atoms with Crippen LogP contribution in [0.15, 0.2) is 42.7 Å². The van der Waals surface area contributed by atoms with E-state index in [9.17, 15) is 0 Å². The smallest absolute Gasteiger partial charge is 0.147 e. The third kappa shape index (κ3) is 3.54. The van der Waals surface area contributed by atoms with Gasteiger partial charge >= 0.3 is 0 Å². The van der Waals surface area contributed by atoms with Gasteiger partial charge in [-0.3, -0.25) is 4.68 Å². The number of benzene rings is 1. The van der Waals surface area contributed by atoms with Crippen LogP contribution in [0.5, 0.6) is 0 Å². The average molecular weight is 316 g/mol. The second kappa shape index (κ2) is 6.75. The first-order valence-corrected chi connectivity index (χ1v) is 7.71. The van der Waals surface area contributed by atoms with Gasteiger partial charge in [0.15, 0.2) is 0 Å². The maximum Gasteiger partial charge on any atom is 0.147 e. The van der Waals surface area contributed by atoms with Gasteiger partial charge in [-0.2, -0.15) is 10.2 Å². The lowest BCUT2D eigenvalue weighted by Gasteiger charge is -2.08. The summed E-state index contributed by atoms with van der Waals surface area (Å²) in [5, 5.41) is 9.46. The van der Waals surface area contributed by atoms with E-state index in [0.717, 1.165) is 41.6 Å². The Morgan fingerprint density at radius 1 is 1.18 bits per heavy atom. The van der Waals surface area contributed by atoms with Crippen LogP contribution in [-0.2, 0) is 19.5 Å². The molecule has 2 aromatic heterocycles. The molecule has 0 saturated heterocycles. The maximum absolute atomic E-state index is 6.23. The maximum atomic E-state index is 6.23. The van der Waals surface area contributed by atoms with Gasteiger partial charge in [0.25, 0.3) is 0 Å². The molecule has 3 rings (SSSR count). The molecular formula is C16H18ClN5. The van der Waals surface area contributed by atoms with Crippen molar-refractivity contribution < 1.29 is 0 Å². The summed E-state index contributed by atoms with van der Waals surface area (Å²) in [6, 6.07) is 9.78. The standard InChI is InChI=1S/C16H18ClN5/c1-13-19-16(8-4-10-21-11-5-9-18-21)22(20-13)12-14-6-2-3-7-15(14)17/h2-3,5-7,9,11H,4,8,10,12H2,1H3. The molecule has 0 amide bonds. The van der Waals surface area contributed by atoms with E-state index in [4.69, 9.17) is 11.6 Å². The molecule has 6 heteroatoms. The van der Waals surface area contributed by atoms with E-state index in [1.165, 1.54) is 0 Å². The first-order chi connectivity index (χ1) is 10.7. The van der Waals surface area contributed by atoms with E-state index in [1.807, 2.05) is 52.8 Å². The third-order valence-electron chi connectivity index (χ3n) is 3.48. The molecule has 3 aromatic rings. The van der Waals surface area contributed by atoms with Crippen LogP contribution in [0.1, 0.15) is 23.6 Å². The Labute approximate surface area is 134 Å². The van der Waals surface area contributed by atoms with Crippen molar-refractivity contribution in [1.82, 2.24) is 24.5 Å². The topological polar surface area (TPSA) is 48.5 Å². The van der Waals surface area contributed by atoms with Crippen LogP contribution in [0.3, 0.4) is 0 Å². The average Bonchev–Trinajstić information content (AvgIpc) is 3.12. The minimum atomic E-state index is 0.650. The van der Waals surface area contributed by atoms with Crippen LogP contribution in [0.4, 0.5) is 0 Å². The minimum absolute atomic E-state index is 0.650. The van der Waals surface area contributed by atoms with E-state index >= 15 is 0 Å². The van der Waals surface area contributed by atoms with Crippen molar-refractivity contribution in [2.45, 2.75) is 32.9 Å². The molecule has 22 heavy (non-hydrogen) atoms. The van der Waals surface area contributed by atoms with Crippen molar-refractivity contribution in [2.75, 3.05) is 0 Å². The lowest BCUT2D eigenvalue weighted by Crippen LogP contribution is -2.09. The molecule has 0 aliphatic carbocycles. The Morgan fingerprint density at radius 3 is 2.82 bits per heavy atom. The van der Waals surface area contributed by atoms with Crippen molar-refractivity contribution in [3.05, 3.63) is 65.0 Å². The quantitative estimate of drug-likeness (QED) is 0.702. The highest BCUT2D eigenvalue weighted by atomic mass is 35.5. The molecule has 0 unspecified atom stereocenters. The highest BCUT2D eigenvalue weighted by molar-refractivity contribution is 6.31. The first-order valence-electron chi connectivity index (χ1n) is 7.33. The molecule has 1 aromatic carbocycles. The van der Waals surface area contributed by atoms with Crippen molar-refractivity contribution in [1.29, 1.82) is 0 Å². The van der Waals surface area contributed by atoms with Crippen LogP contribution >= 0.6 is 11.6 Å². The molecular weight excluding hydrogens is 298 g/mol. The molecule has 0 aliphatic rings. The summed E-state index contributed by atoms with van der Waals surface area (Å²) in [6.07, 6.45) is 5.61. The summed E-state index contributed by atoms with van der Waals surface area (Å²) in [5.41, 5.74) is 1.06. The van der Waals surface area contributed by atoms with Gasteiger partial charge in [-0.05, 0) is 31.0 Å². The van der Waals surface area contributed by atoms with Gasteiger partial charge in [0.2, 0.25) is 0 Å². The van der Waals surface area contributed by atoms with Gasteiger partial charge in [-0.15, -0.1) is 0 Å². The molecule has 0 atom stereocenters. The van der Waals surface area contributed by atoms with Crippen LogP contribution in [0.25, 0.3) is 0 Å². The lowest BCUT2D eigenvalue weighted by atomic mass is 10.2. The number of nitrogens with zero attached hydrogens (tertiary/aromatic N) is 5. The number of hydrogen-bond donors (Lipinski definition) is 0. The Bertz CT molecular complexity index is 733. The molecule has 2 heterocycles. The summed E-state index contributed by atoms with van der Waals surface area (Å²) in [4.78, 5) is 4.53. The zero-order valence-electron chi connectivity index (χ0n) is 12.5. The van der Waals surface area contributed by atoms with Gasteiger partial charge in [0.05, 0.1) is 6.54 Å². The summed E-state index contributed by atoms with van der Waals surface area (Å²) < 4.78 is 3.88. The van der Waals surface area contributed by atoms with Crippen LogP contribution < -0.4 is 0 Å². The number of aryl methyl sites for hydroxylation is 3. The highest BCUT2D eigenvalue weighted by Gasteiger charge is 2.09. The fourth-order valence-electron chi connectivity index (χ4n) is 2.43. The molecule has 5 nitrogen and oxygen atoms in total. The Morgan fingerprint density at radius 2 is 2.05 bits per heavy atom. The summed E-state index contributed by atoms with van der Waals surface area (Å²) in [7, 11) is 0. The molecule has 114 valence electrons. The molecule has 0 bridgehead atoms. The van der Waals surface area contributed by atoms with Crippen molar-refractivity contribution >= 4 is 11.6 Å². The fraction of sp³-hybridized carbons (Fsp3) is 0.312. The lowest BCUT2D eigenvalue weighted by molar-refractivity contribution is 0.550. The number of halogens is 1. The van der Waals surface area contributed by atoms with Gasteiger partial charge in [-0.1, -0.05) is 29.8 Å². The normalized spacial score (nSPS) is 11.0. The number of hydrogen-bond acceptors (Lipinski definition) is 3. The Kier molecular flexibility index (Phi) is 4.53. The number of rotatable bonds is 6. The summed E-state index contributed by atoms with van der Waals surface area (Å²) in [5.74, 6) is 1.78. The molecule has 0 N–H and O–H groups in total. The third-order valence-corrected chi connectivity index (χ3v) is 3.85. The largest absolute Gasteiger partial charge is 0.273 e. The van der Waals surface area contributed by atoms with Crippen LogP contribution in [0.2, 0.25) is 5.02 Å². The SMILES string of the molecule is Cc1nc(CCCn2cccn2)n(Cc2ccccc2Cl)n1. The number of aromatic nitrogens is 5. The first kappa shape index (κ1) is 14.8. The molecule has 0 radical (unpaired) electrons. The van der Waals surface area contributed by atoms with Crippen LogP contribution in [0, 0.1) is 6.92 Å². The van der Waals surface area contributed by atoms with Crippen molar-refractivity contribution in [2.24, 2.45) is 0 Å². The summed E-state index contributed by atoms with van der Waals surface area (Å²) >= 11 is 6.23. The Hall–Kier alpha value is -2.14. The minimum Gasteiger partial charge on any atom is -0.273 e. The predicted octanol–water partition coefficient (Wildman–Crippen LogP) is 3.12. The van der Waals surface area contributed by atoms with E-state index in [0.29, 0.717) is 6.54 Å². The second-order valence-corrected chi connectivity index (χ2v) is 5.60.